The van der Waals surface area contributed by atoms with Gasteiger partial charge in [0.25, 0.3) is 0 Å². The van der Waals surface area contributed by atoms with Crippen molar-refractivity contribution in [3.63, 3.8) is 0 Å². The number of hydrogen-bond donors (Lipinski definition) is 2. The number of fused-ring (bicyclic) bond motifs is 1. The Morgan fingerprint density at radius 2 is 1.97 bits per heavy atom. The first-order chi connectivity index (χ1) is 14.1. The van der Waals surface area contributed by atoms with Crippen LogP contribution in [0.15, 0.2) is 42.6 Å². The highest BCUT2D eigenvalue weighted by atomic mass is 16.5. The zero-order valence-corrected chi connectivity index (χ0v) is 17.2. The number of aromatic nitrogens is 1. The van der Waals surface area contributed by atoms with Crippen LogP contribution in [0.4, 0.5) is 0 Å². The monoisotopic (exact) mass is 392 g/mol. The van der Waals surface area contributed by atoms with Crippen molar-refractivity contribution in [3.05, 3.63) is 59.3 Å². The van der Waals surface area contributed by atoms with Crippen molar-refractivity contribution >= 4 is 16.8 Å². The summed E-state index contributed by atoms with van der Waals surface area (Å²) in [4.78, 5) is 16.2. The van der Waals surface area contributed by atoms with Crippen LogP contribution in [0, 0.1) is 0 Å². The molecule has 1 aliphatic rings. The average molecular weight is 392 g/mol. The fourth-order valence-corrected chi connectivity index (χ4v) is 4.00. The number of aromatic amines is 1. The van der Waals surface area contributed by atoms with E-state index < -0.39 is 0 Å². The van der Waals surface area contributed by atoms with Gasteiger partial charge in [-0.3, -0.25) is 4.79 Å². The van der Waals surface area contributed by atoms with Crippen LogP contribution < -0.4 is 14.8 Å². The number of amides is 1. The van der Waals surface area contributed by atoms with Gasteiger partial charge in [0, 0.05) is 35.5 Å². The van der Waals surface area contributed by atoms with E-state index in [-0.39, 0.29) is 11.8 Å². The van der Waals surface area contributed by atoms with Crippen LogP contribution in [0.3, 0.4) is 0 Å². The Labute approximate surface area is 171 Å². The van der Waals surface area contributed by atoms with Crippen molar-refractivity contribution < 1.29 is 14.3 Å². The molecule has 0 aliphatic heterocycles. The first-order valence-electron chi connectivity index (χ1n) is 10.2. The summed E-state index contributed by atoms with van der Waals surface area (Å²) in [6.45, 7) is 2.16. The third-order valence-electron chi connectivity index (χ3n) is 5.73. The molecule has 1 atom stereocenters. The third kappa shape index (κ3) is 3.95. The van der Waals surface area contributed by atoms with E-state index in [9.17, 15) is 4.79 Å². The highest BCUT2D eigenvalue weighted by molar-refractivity contribution is 5.88. The maximum absolute atomic E-state index is 12.7. The number of H-pyrrole nitrogens is 1. The second kappa shape index (κ2) is 8.19. The molecule has 0 bridgehead atoms. The van der Waals surface area contributed by atoms with E-state index in [0.717, 1.165) is 35.9 Å². The van der Waals surface area contributed by atoms with Gasteiger partial charge < -0.3 is 19.8 Å². The molecule has 4 rings (SSSR count). The minimum absolute atomic E-state index is 0.0746. The third-order valence-corrected chi connectivity index (χ3v) is 5.73. The van der Waals surface area contributed by atoms with Gasteiger partial charge >= 0.3 is 0 Å². The normalized spacial score (nSPS) is 14.6. The number of carbonyl (C=O) groups is 1. The fraction of sp³-hybridized carbons (Fsp3) is 0.375. The van der Waals surface area contributed by atoms with Crippen molar-refractivity contribution in [3.8, 4) is 11.5 Å². The second-order valence-corrected chi connectivity index (χ2v) is 7.65. The van der Waals surface area contributed by atoms with Crippen LogP contribution in [-0.2, 0) is 11.2 Å². The van der Waals surface area contributed by atoms with Gasteiger partial charge in [-0.15, -0.1) is 0 Å². The van der Waals surface area contributed by atoms with Gasteiger partial charge in [0.1, 0.15) is 0 Å². The molecule has 1 aromatic heterocycles. The smallest absolute Gasteiger partial charge is 0.221 e. The Hall–Kier alpha value is -2.95. The van der Waals surface area contributed by atoms with E-state index in [1.807, 2.05) is 18.2 Å². The highest BCUT2D eigenvalue weighted by Crippen LogP contribution is 2.38. The van der Waals surface area contributed by atoms with E-state index in [2.05, 4.69) is 41.6 Å². The molecule has 0 spiro atoms. The lowest BCUT2D eigenvalue weighted by Gasteiger charge is -2.19. The van der Waals surface area contributed by atoms with E-state index in [1.54, 1.807) is 14.2 Å². The number of ether oxygens (including phenoxy) is 2. The SMILES string of the molecule is CCc1cccc2c([C@@H](CC(=O)NC3CC3)c3ccc(OC)c(OC)c3)c[nH]c12. The minimum atomic E-state index is -0.0746. The molecule has 3 aromatic rings. The van der Waals surface area contributed by atoms with E-state index in [1.165, 1.54) is 10.9 Å². The highest BCUT2D eigenvalue weighted by Gasteiger charge is 2.27. The van der Waals surface area contributed by atoms with Gasteiger partial charge in [-0.25, -0.2) is 0 Å². The molecule has 2 aromatic carbocycles. The first-order valence-corrected chi connectivity index (χ1v) is 10.2. The number of para-hydroxylation sites is 1. The fourth-order valence-electron chi connectivity index (χ4n) is 4.00. The number of rotatable bonds is 8. The Bertz CT molecular complexity index is 1020. The summed E-state index contributed by atoms with van der Waals surface area (Å²) < 4.78 is 10.9. The topological polar surface area (TPSA) is 63.4 Å². The van der Waals surface area contributed by atoms with Gasteiger partial charge in [-0.1, -0.05) is 31.2 Å². The predicted molar refractivity (Wildman–Crippen MR) is 115 cm³/mol. The van der Waals surface area contributed by atoms with Crippen LogP contribution in [0.1, 0.15) is 48.8 Å². The molecule has 29 heavy (non-hydrogen) atoms. The number of carbonyl (C=O) groups excluding carboxylic acids is 1. The van der Waals surface area contributed by atoms with Crippen LogP contribution in [0.5, 0.6) is 11.5 Å². The minimum Gasteiger partial charge on any atom is -0.493 e. The van der Waals surface area contributed by atoms with Gasteiger partial charge in [0.15, 0.2) is 11.5 Å². The van der Waals surface area contributed by atoms with E-state index in [4.69, 9.17) is 9.47 Å². The zero-order valence-electron chi connectivity index (χ0n) is 17.2. The van der Waals surface area contributed by atoms with Crippen molar-refractivity contribution in [2.75, 3.05) is 14.2 Å². The van der Waals surface area contributed by atoms with Gasteiger partial charge in [-0.2, -0.15) is 0 Å². The molecule has 2 N–H and O–H groups in total. The Morgan fingerprint density at radius 3 is 2.66 bits per heavy atom. The van der Waals surface area contributed by atoms with Crippen LogP contribution >= 0.6 is 0 Å². The summed E-state index contributed by atoms with van der Waals surface area (Å²) in [6.07, 6.45) is 5.57. The van der Waals surface area contributed by atoms with E-state index >= 15 is 0 Å². The molecule has 1 saturated carbocycles. The largest absolute Gasteiger partial charge is 0.493 e. The Balaban J connectivity index is 1.77. The van der Waals surface area contributed by atoms with Crippen LogP contribution in [0.25, 0.3) is 10.9 Å². The summed E-state index contributed by atoms with van der Waals surface area (Å²) in [7, 11) is 3.26. The lowest BCUT2D eigenvalue weighted by molar-refractivity contribution is -0.121. The summed E-state index contributed by atoms with van der Waals surface area (Å²) in [5.74, 6) is 1.37. The molecule has 1 heterocycles. The van der Waals surface area contributed by atoms with E-state index in [0.29, 0.717) is 24.0 Å². The van der Waals surface area contributed by atoms with Gasteiger partial charge in [0.05, 0.1) is 14.2 Å². The number of aryl methyl sites for hydroxylation is 1. The molecule has 0 saturated heterocycles. The number of benzene rings is 2. The zero-order chi connectivity index (χ0) is 20.4. The second-order valence-electron chi connectivity index (χ2n) is 7.65. The standard InChI is InChI=1S/C24H28N2O3/c1-4-15-6-5-7-18-20(14-25-24(15)18)19(13-23(27)26-17-9-10-17)16-8-11-21(28-2)22(12-16)29-3/h5-8,11-12,14,17,19,25H,4,9-10,13H2,1-3H3,(H,26,27)/t19-/m0/s1. The predicted octanol–water partition coefficient (Wildman–Crippen LogP) is 4.55. The maximum Gasteiger partial charge on any atom is 0.221 e. The molecule has 1 fully saturated rings. The summed E-state index contributed by atoms with van der Waals surface area (Å²) in [5.41, 5.74) is 4.60. The molecule has 0 unspecified atom stereocenters. The summed E-state index contributed by atoms with van der Waals surface area (Å²) in [6, 6.07) is 12.6. The molecular formula is C24H28N2O3. The number of hydrogen-bond acceptors (Lipinski definition) is 3. The van der Waals surface area contributed by atoms with Crippen molar-refractivity contribution in [1.29, 1.82) is 0 Å². The maximum atomic E-state index is 12.7. The Kier molecular flexibility index (Phi) is 5.47. The Morgan fingerprint density at radius 1 is 1.17 bits per heavy atom. The number of methoxy groups -OCH3 is 2. The van der Waals surface area contributed by atoms with Crippen molar-refractivity contribution in [2.45, 2.75) is 44.6 Å². The summed E-state index contributed by atoms with van der Waals surface area (Å²) in [5, 5.41) is 4.30. The average Bonchev–Trinajstić information content (AvgIpc) is 3.46. The van der Waals surface area contributed by atoms with Crippen LogP contribution in [0.2, 0.25) is 0 Å². The molecule has 1 aliphatic carbocycles. The van der Waals surface area contributed by atoms with Crippen molar-refractivity contribution in [1.82, 2.24) is 10.3 Å². The van der Waals surface area contributed by atoms with Crippen LogP contribution in [-0.4, -0.2) is 31.2 Å². The molecule has 152 valence electrons. The molecule has 5 heteroatoms. The first kappa shape index (κ1) is 19.4. The summed E-state index contributed by atoms with van der Waals surface area (Å²) >= 11 is 0. The molecular weight excluding hydrogens is 364 g/mol. The lowest BCUT2D eigenvalue weighted by atomic mass is 9.87. The van der Waals surface area contributed by atoms with Gasteiger partial charge in [0.2, 0.25) is 5.91 Å². The molecule has 5 nitrogen and oxygen atoms in total. The van der Waals surface area contributed by atoms with Gasteiger partial charge in [-0.05, 0) is 48.1 Å². The molecule has 0 radical (unpaired) electrons. The van der Waals surface area contributed by atoms with Crippen molar-refractivity contribution in [2.24, 2.45) is 0 Å². The lowest BCUT2D eigenvalue weighted by Crippen LogP contribution is -2.27. The quantitative estimate of drug-likeness (QED) is 0.591. The molecule has 1 amide bonds. The number of nitrogens with one attached hydrogen (secondary N) is 2.